The van der Waals surface area contributed by atoms with Gasteiger partial charge in [0.1, 0.15) is 0 Å². The molecule has 1 heteroatoms. The molecule has 0 aliphatic heterocycles. The van der Waals surface area contributed by atoms with E-state index in [-0.39, 0.29) is 0 Å². The van der Waals surface area contributed by atoms with Crippen LogP contribution in [0, 0.1) is 0 Å². The van der Waals surface area contributed by atoms with Crippen molar-refractivity contribution in [3.8, 4) is 0 Å². The summed E-state index contributed by atoms with van der Waals surface area (Å²) in [5.74, 6) is 0. The first-order chi connectivity index (χ1) is 14.3. The maximum absolute atomic E-state index is 3.92. The van der Waals surface area contributed by atoms with E-state index in [2.05, 4.69) is 122 Å². The van der Waals surface area contributed by atoms with E-state index in [1.807, 2.05) is 12.2 Å². The van der Waals surface area contributed by atoms with Crippen LogP contribution in [0.5, 0.6) is 0 Å². The van der Waals surface area contributed by atoms with Crippen molar-refractivity contribution in [2.45, 2.75) is 0 Å². The fourth-order valence-electron chi connectivity index (χ4n) is 4.11. The molecule has 0 unspecified atom stereocenters. The first-order valence-corrected chi connectivity index (χ1v) is 15.6. The number of hydrogen-bond acceptors (Lipinski definition) is 0. The van der Waals surface area contributed by atoms with Crippen LogP contribution in [0.4, 0.5) is 0 Å². The minimum atomic E-state index is -3.48. The molecule has 0 atom stereocenters. The summed E-state index contributed by atoms with van der Waals surface area (Å²) in [5, 5.41) is 0. The van der Waals surface area contributed by atoms with Gasteiger partial charge in [-0.3, -0.25) is 0 Å². The van der Waals surface area contributed by atoms with Crippen molar-refractivity contribution in [3.05, 3.63) is 133 Å². The predicted molar refractivity (Wildman–Crippen MR) is 130 cm³/mol. The summed E-state index contributed by atoms with van der Waals surface area (Å²) >= 11 is -3.48. The third-order valence-electron chi connectivity index (χ3n) is 5.57. The molecular formula is C28H24Sn. The molecule has 0 radical (unpaired) electrons. The maximum atomic E-state index is 3.92. The summed E-state index contributed by atoms with van der Waals surface area (Å²) in [7, 11) is 0. The molecule has 0 saturated carbocycles. The minimum absolute atomic E-state index is 1.15. The standard InChI is InChI=1S/2C8H7.2C6H5.Sn/c2*1-2-8-6-4-3-5-7-8;2*1-2-4-6-5-3-1;/h2*2,4-7H,1H2;2*1-5H;. The van der Waals surface area contributed by atoms with Crippen molar-refractivity contribution in [1.82, 2.24) is 0 Å². The summed E-state index contributed by atoms with van der Waals surface area (Å²) in [5.41, 5.74) is 2.30. The van der Waals surface area contributed by atoms with Crippen molar-refractivity contribution in [3.63, 3.8) is 0 Å². The van der Waals surface area contributed by atoms with Gasteiger partial charge in [-0.2, -0.15) is 0 Å². The van der Waals surface area contributed by atoms with Crippen LogP contribution in [0.1, 0.15) is 11.1 Å². The Hall–Kier alpha value is -2.84. The molecule has 0 aromatic heterocycles. The molecule has 0 spiro atoms. The second-order valence-corrected chi connectivity index (χ2v) is 18.0. The molecule has 29 heavy (non-hydrogen) atoms. The monoisotopic (exact) mass is 480 g/mol. The molecule has 0 aliphatic rings. The van der Waals surface area contributed by atoms with Crippen molar-refractivity contribution in [2.75, 3.05) is 0 Å². The van der Waals surface area contributed by atoms with Gasteiger partial charge >= 0.3 is 178 Å². The van der Waals surface area contributed by atoms with Crippen LogP contribution in [-0.2, 0) is 0 Å². The van der Waals surface area contributed by atoms with E-state index >= 15 is 0 Å². The molecule has 0 nitrogen and oxygen atoms in total. The molecule has 140 valence electrons. The molecular weight excluding hydrogens is 455 g/mol. The summed E-state index contributed by atoms with van der Waals surface area (Å²) in [6.07, 6.45) is 3.82. The van der Waals surface area contributed by atoms with Gasteiger partial charge in [-0.25, -0.2) is 0 Å². The van der Waals surface area contributed by atoms with E-state index < -0.39 is 18.4 Å². The molecule has 0 N–H and O–H groups in total. The van der Waals surface area contributed by atoms with E-state index in [1.54, 1.807) is 0 Å². The van der Waals surface area contributed by atoms with Gasteiger partial charge in [0.2, 0.25) is 0 Å². The van der Waals surface area contributed by atoms with Crippen molar-refractivity contribution in [2.24, 2.45) is 0 Å². The Balaban J connectivity index is 2.09. The molecule has 4 aromatic rings. The molecule has 0 bridgehead atoms. The second-order valence-electron chi connectivity index (χ2n) is 7.13. The van der Waals surface area contributed by atoms with E-state index in [1.165, 1.54) is 14.3 Å². The normalized spacial score (nSPS) is 11.0. The van der Waals surface area contributed by atoms with Gasteiger partial charge in [-0.05, 0) is 0 Å². The first-order valence-electron chi connectivity index (χ1n) is 9.86. The van der Waals surface area contributed by atoms with E-state index in [0.717, 1.165) is 11.1 Å². The quantitative estimate of drug-likeness (QED) is 0.361. The van der Waals surface area contributed by atoms with Gasteiger partial charge in [0, 0.05) is 0 Å². The van der Waals surface area contributed by atoms with Crippen LogP contribution >= 0.6 is 0 Å². The van der Waals surface area contributed by atoms with Gasteiger partial charge in [-0.15, -0.1) is 0 Å². The molecule has 0 aliphatic carbocycles. The first kappa shape index (κ1) is 19.5. The van der Waals surface area contributed by atoms with Crippen LogP contribution in [0.3, 0.4) is 0 Å². The Morgan fingerprint density at radius 1 is 0.414 bits per heavy atom. The number of hydrogen-bond donors (Lipinski definition) is 0. The summed E-state index contributed by atoms with van der Waals surface area (Å²) in [4.78, 5) is 0. The molecule has 4 rings (SSSR count). The summed E-state index contributed by atoms with van der Waals surface area (Å²) < 4.78 is 5.78. The topological polar surface area (TPSA) is 0 Å². The van der Waals surface area contributed by atoms with Gasteiger partial charge in [0.25, 0.3) is 0 Å². The van der Waals surface area contributed by atoms with Crippen molar-refractivity contribution >= 4 is 44.8 Å². The van der Waals surface area contributed by atoms with E-state index in [4.69, 9.17) is 0 Å². The SMILES string of the molecule is C=Cc1cc[c]([Sn]([c]2ccccc2)([c]2ccccc2)[c]2ccc(C=C)cc2)cc1. The number of rotatable bonds is 6. The van der Waals surface area contributed by atoms with Crippen molar-refractivity contribution < 1.29 is 0 Å². The van der Waals surface area contributed by atoms with Crippen LogP contribution < -0.4 is 14.3 Å². The third-order valence-corrected chi connectivity index (χ3v) is 19.3. The zero-order valence-corrected chi connectivity index (χ0v) is 19.3. The molecule has 0 fully saturated rings. The Labute approximate surface area is 177 Å². The summed E-state index contributed by atoms with van der Waals surface area (Å²) in [6, 6.07) is 40.1. The van der Waals surface area contributed by atoms with Crippen LogP contribution in [0.15, 0.2) is 122 Å². The fourth-order valence-corrected chi connectivity index (χ4v) is 17.6. The Morgan fingerprint density at radius 2 is 0.724 bits per heavy atom. The Morgan fingerprint density at radius 3 is 1.03 bits per heavy atom. The molecule has 0 amide bonds. The van der Waals surface area contributed by atoms with Gasteiger partial charge in [0.05, 0.1) is 0 Å². The summed E-state index contributed by atoms with van der Waals surface area (Å²) in [6.45, 7) is 7.85. The Bertz CT molecular complexity index is 1000. The van der Waals surface area contributed by atoms with Crippen LogP contribution in [0.25, 0.3) is 12.2 Å². The number of benzene rings is 4. The van der Waals surface area contributed by atoms with E-state index in [0.29, 0.717) is 0 Å². The van der Waals surface area contributed by atoms with E-state index in [9.17, 15) is 0 Å². The predicted octanol–water partition coefficient (Wildman–Crippen LogP) is 4.35. The molecule has 4 aromatic carbocycles. The third kappa shape index (κ3) is 3.61. The van der Waals surface area contributed by atoms with Crippen LogP contribution in [0.2, 0.25) is 0 Å². The average Bonchev–Trinajstić information content (AvgIpc) is 2.82. The zero-order valence-electron chi connectivity index (χ0n) is 16.5. The van der Waals surface area contributed by atoms with Crippen molar-refractivity contribution in [1.29, 1.82) is 0 Å². The van der Waals surface area contributed by atoms with Gasteiger partial charge in [-0.1, -0.05) is 0 Å². The van der Waals surface area contributed by atoms with Gasteiger partial charge in [0.15, 0.2) is 0 Å². The second kappa shape index (κ2) is 8.67. The zero-order chi connectivity index (χ0) is 20.1. The molecule has 0 saturated heterocycles. The Kier molecular flexibility index (Phi) is 5.82. The molecule has 0 heterocycles. The van der Waals surface area contributed by atoms with Crippen LogP contribution in [-0.4, -0.2) is 18.4 Å². The van der Waals surface area contributed by atoms with Gasteiger partial charge < -0.3 is 0 Å². The fraction of sp³-hybridized carbons (Fsp3) is 0. The average molecular weight is 479 g/mol.